The fourth-order valence-electron chi connectivity index (χ4n) is 2.03. The van der Waals surface area contributed by atoms with Crippen molar-refractivity contribution in [1.29, 1.82) is 0 Å². The lowest BCUT2D eigenvalue weighted by Crippen LogP contribution is -2.20. The normalized spacial score (nSPS) is 12.2. The Labute approximate surface area is 149 Å². The van der Waals surface area contributed by atoms with Gasteiger partial charge in [-0.2, -0.15) is 4.99 Å². The Kier molecular flexibility index (Phi) is 5.91. The van der Waals surface area contributed by atoms with Gasteiger partial charge in [-0.3, -0.25) is 4.79 Å². The molecule has 0 aliphatic carbocycles. The molecule has 1 aromatic heterocycles. The molecule has 0 radical (unpaired) electrons. The highest BCUT2D eigenvalue weighted by Crippen LogP contribution is 2.13. The van der Waals surface area contributed by atoms with Gasteiger partial charge in [0.05, 0.1) is 11.5 Å². The molecule has 2 rings (SSSR count). The van der Waals surface area contributed by atoms with Gasteiger partial charge >= 0.3 is 5.97 Å². The number of amides is 1. The van der Waals surface area contributed by atoms with Gasteiger partial charge in [0, 0.05) is 12.7 Å². The lowest BCUT2D eigenvalue weighted by atomic mass is 10.4. The van der Waals surface area contributed by atoms with Gasteiger partial charge in [0.2, 0.25) is 0 Å². The molecule has 0 unspecified atom stereocenters. The predicted octanol–water partition coefficient (Wildman–Crippen LogP) is 1.47. The maximum atomic E-state index is 12.2. The van der Waals surface area contributed by atoms with Crippen LogP contribution in [0.4, 0.5) is 0 Å². The number of aromatic nitrogens is 1. The molecule has 1 heterocycles. The number of ether oxygens (including phenoxy) is 1. The third-order valence-electron chi connectivity index (χ3n) is 3.41. The standard InChI is InChI=1S/C16H18N2O5S2/c1-4-23-15(20)14-11(2)18(3)16(24-14)17-13(19)10-25(21,22)12-8-6-5-7-9-12/h5-9H,4,10H2,1-3H3. The van der Waals surface area contributed by atoms with Crippen molar-refractivity contribution in [3.63, 3.8) is 0 Å². The summed E-state index contributed by atoms with van der Waals surface area (Å²) in [7, 11) is -2.12. The van der Waals surface area contributed by atoms with Crippen molar-refractivity contribution in [3.8, 4) is 0 Å². The number of nitrogens with zero attached hydrogens (tertiary/aromatic N) is 2. The lowest BCUT2D eigenvalue weighted by Gasteiger charge is -2.01. The van der Waals surface area contributed by atoms with Crippen molar-refractivity contribution >= 4 is 33.1 Å². The Morgan fingerprint density at radius 2 is 1.88 bits per heavy atom. The summed E-state index contributed by atoms with van der Waals surface area (Å²) in [6, 6.07) is 7.72. The molecule has 1 aromatic carbocycles. The molecule has 134 valence electrons. The summed E-state index contributed by atoms with van der Waals surface area (Å²) >= 11 is 0.990. The minimum Gasteiger partial charge on any atom is -0.462 e. The molecule has 0 bridgehead atoms. The second kappa shape index (κ2) is 7.75. The van der Waals surface area contributed by atoms with Gasteiger partial charge in [0.15, 0.2) is 14.6 Å². The zero-order chi connectivity index (χ0) is 18.6. The molecule has 9 heteroatoms. The number of rotatable bonds is 5. The van der Waals surface area contributed by atoms with Crippen LogP contribution in [0.2, 0.25) is 0 Å². The average Bonchev–Trinajstić information content (AvgIpc) is 2.84. The SMILES string of the molecule is CCOC(=O)c1sc(=NC(=O)CS(=O)(=O)c2ccccc2)n(C)c1C. The first kappa shape index (κ1) is 19.1. The average molecular weight is 382 g/mol. The summed E-state index contributed by atoms with van der Waals surface area (Å²) in [6.07, 6.45) is 0. The van der Waals surface area contributed by atoms with E-state index in [1.807, 2.05) is 0 Å². The van der Waals surface area contributed by atoms with E-state index < -0.39 is 27.5 Å². The van der Waals surface area contributed by atoms with Crippen molar-refractivity contribution in [1.82, 2.24) is 4.57 Å². The molecule has 0 aliphatic heterocycles. The van der Waals surface area contributed by atoms with Crippen LogP contribution < -0.4 is 4.80 Å². The summed E-state index contributed by atoms with van der Waals surface area (Å²) in [5, 5.41) is 0. The number of esters is 1. The van der Waals surface area contributed by atoms with Crippen LogP contribution in [-0.4, -0.2) is 37.2 Å². The van der Waals surface area contributed by atoms with Gasteiger partial charge in [-0.05, 0) is 26.0 Å². The zero-order valence-electron chi connectivity index (χ0n) is 14.1. The largest absolute Gasteiger partial charge is 0.462 e. The van der Waals surface area contributed by atoms with Gasteiger partial charge < -0.3 is 9.30 Å². The van der Waals surface area contributed by atoms with Crippen molar-refractivity contribution in [2.75, 3.05) is 12.4 Å². The summed E-state index contributed by atoms with van der Waals surface area (Å²) in [4.78, 5) is 28.5. The predicted molar refractivity (Wildman–Crippen MR) is 93.0 cm³/mol. The summed E-state index contributed by atoms with van der Waals surface area (Å²) in [5.41, 5.74) is 0.598. The van der Waals surface area contributed by atoms with Crippen molar-refractivity contribution < 1.29 is 22.7 Å². The Bertz CT molecular complexity index is 956. The van der Waals surface area contributed by atoms with Gasteiger partial charge in [0.1, 0.15) is 10.6 Å². The molecule has 7 nitrogen and oxygen atoms in total. The second-order valence-corrected chi connectivity index (χ2v) is 8.12. The van der Waals surface area contributed by atoms with Gasteiger partial charge in [-0.25, -0.2) is 13.2 Å². The van der Waals surface area contributed by atoms with Gasteiger partial charge in [0.25, 0.3) is 5.91 Å². The van der Waals surface area contributed by atoms with Crippen LogP contribution in [0.25, 0.3) is 0 Å². The molecule has 1 amide bonds. The van der Waals surface area contributed by atoms with Crippen LogP contribution >= 0.6 is 11.3 Å². The third-order valence-corrected chi connectivity index (χ3v) is 6.24. The van der Waals surface area contributed by atoms with Gasteiger partial charge in [-0.1, -0.05) is 29.5 Å². The Morgan fingerprint density at radius 3 is 2.48 bits per heavy atom. The number of thiazole rings is 1. The minimum atomic E-state index is -3.76. The highest BCUT2D eigenvalue weighted by atomic mass is 32.2. The second-order valence-electron chi connectivity index (χ2n) is 5.16. The van der Waals surface area contributed by atoms with E-state index in [-0.39, 0.29) is 16.3 Å². The van der Waals surface area contributed by atoms with Gasteiger partial charge in [-0.15, -0.1) is 0 Å². The van der Waals surface area contributed by atoms with Crippen LogP contribution in [0, 0.1) is 6.92 Å². The molecular formula is C16H18N2O5S2. The zero-order valence-corrected chi connectivity index (χ0v) is 15.7. The fourth-order valence-corrected chi connectivity index (χ4v) is 4.18. The maximum Gasteiger partial charge on any atom is 0.350 e. The Hall–Kier alpha value is -2.26. The highest BCUT2D eigenvalue weighted by molar-refractivity contribution is 7.92. The van der Waals surface area contributed by atoms with Crippen LogP contribution in [0.3, 0.4) is 0 Å². The first-order valence-corrected chi connectivity index (χ1v) is 9.92. The number of sulfone groups is 1. The van der Waals surface area contributed by atoms with E-state index in [2.05, 4.69) is 4.99 Å². The van der Waals surface area contributed by atoms with E-state index in [1.165, 1.54) is 12.1 Å². The van der Waals surface area contributed by atoms with Crippen LogP contribution in [0.15, 0.2) is 40.2 Å². The molecule has 0 N–H and O–H groups in total. The number of carbonyl (C=O) groups excluding carboxylic acids is 2. The Balaban J connectivity index is 2.30. The molecular weight excluding hydrogens is 364 g/mol. The van der Waals surface area contributed by atoms with Crippen molar-refractivity contribution in [2.45, 2.75) is 18.7 Å². The maximum absolute atomic E-state index is 12.2. The molecule has 0 saturated carbocycles. The number of hydrogen-bond acceptors (Lipinski definition) is 6. The van der Waals surface area contributed by atoms with Crippen LogP contribution in [0.1, 0.15) is 22.3 Å². The van der Waals surface area contributed by atoms with E-state index in [0.29, 0.717) is 10.6 Å². The van der Waals surface area contributed by atoms with E-state index >= 15 is 0 Å². The molecule has 25 heavy (non-hydrogen) atoms. The molecule has 0 atom stereocenters. The van der Waals surface area contributed by atoms with Crippen LogP contribution in [0.5, 0.6) is 0 Å². The third kappa shape index (κ3) is 4.43. The van der Waals surface area contributed by atoms with Crippen LogP contribution in [-0.2, 0) is 26.4 Å². The smallest absolute Gasteiger partial charge is 0.350 e. The van der Waals surface area contributed by atoms with E-state index in [9.17, 15) is 18.0 Å². The molecule has 0 spiro atoms. The Morgan fingerprint density at radius 1 is 1.24 bits per heavy atom. The summed E-state index contributed by atoms with van der Waals surface area (Å²) in [6.45, 7) is 3.64. The topological polar surface area (TPSA) is 94.8 Å². The van der Waals surface area contributed by atoms with Crippen molar-refractivity contribution in [2.24, 2.45) is 12.0 Å². The monoisotopic (exact) mass is 382 g/mol. The van der Waals surface area contributed by atoms with Crippen molar-refractivity contribution in [3.05, 3.63) is 45.7 Å². The molecule has 0 aliphatic rings. The molecule has 0 saturated heterocycles. The van der Waals surface area contributed by atoms with E-state index in [1.54, 1.807) is 43.7 Å². The molecule has 0 fully saturated rings. The number of carbonyl (C=O) groups is 2. The number of benzene rings is 1. The first-order chi connectivity index (χ1) is 11.8. The lowest BCUT2D eigenvalue weighted by molar-refractivity contribution is -0.115. The number of hydrogen-bond donors (Lipinski definition) is 0. The summed E-state index contributed by atoms with van der Waals surface area (Å²) < 4.78 is 31.0. The summed E-state index contributed by atoms with van der Waals surface area (Å²) in [5.74, 6) is -2.02. The van der Waals surface area contributed by atoms with E-state index in [0.717, 1.165) is 11.3 Å². The minimum absolute atomic E-state index is 0.0671. The molecule has 2 aromatic rings. The fraction of sp³-hybridized carbons (Fsp3) is 0.312. The van der Waals surface area contributed by atoms with E-state index in [4.69, 9.17) is 4.74 Å². The first-order valence-electron chi connectivity index (χ1n) is 7.45. The quantitative estimate of drug-likeness (QED) is 0.730. The highest BCUT2D eigenvalue weighted by Gasteiger charge is 2.20.